The van der Waals surface area contributed by atoms with Gasteiger partial charge in [0.15, 0.2) is 0 Å². The van der Waals surface area contributed by atoms with E-state index in [0.29, 0.717) is 32.4 Å². The summed E-state index contributed by atoms with van der Waals surface area (Å²) in [6.45, 7) is 4.65. The lowest BCUT2D eigenvalue weighted by molar-refractivity contribution is -0.151. The summed E-state index contributed by atoms with van der Waals surface area (Å²) in [5.74, 6) is -0.298. The molecule has 2 atom stereocenters. The molecule has 1 saturated carbocycles. The summed E-state index contributed by atoms with van der Waals surface area (Å²) in [4.78, 5) is 12.1. The van der Waals surface area contributed by atoms with Crippen LogP contribution in [0.5, 0.6) is 0 Å². The Bertz CT molecular complexity index is 336. The molecule has 0 aromatic rings. The van der Waals surface area contributed by atoms with E-state index >= 15 is 0 Å². The van der Waals surface area contributed by atoms with E-state index in [1.807, 2.05) is 6.92 Å². The van der Waals surface area contributed by atoms with Crippen molar-refractivity contribution in [3.05, 3.63) is 0 Å². The Morgan fingerprint density at radius 1 is 1.38 bits per heavy atom. The summed E-state index contributed by atoms with van der Waals surface area (Å²) in [6, 6.07) is 0. The van der Waals surface area contributed by atoms with E-state index in [9.17, 15) is 18.0 Å². The number of ether oxygens (including phenoxy) is 2. The van der Waals surface area contributed by atoms with Crippen molar-refractivity contribution in [2.24, 2.45) is 0 Å². The van der Waals surface area contributed by atoms with Crippen molar-refractivity contribution in [2.45, 2.75) is 63.8 Å². The maximum Gasteiger partial charge on any atom is 0.389 e. The molecule has 1 rings (SSSR count). The molecule has 2 unspecified atom stereocenters. The van der Waals surface area contributed by atoms with E-state index in [1.165, 1.54) is 0 Å². The van der Waals surface area contributed by atoms with E-state index < -0.39 is 18.1 Å². The Morgan fingerprint density at radius 2 is 2.10 bits per heavy atom. The molecule has 0 bridgehead atoms. The van der Waals surface area contributed by atoms with Gasteiger partial charge in [0.05, 0.1) is 12.7 Å². The minimum Gasteiger partial charge on any atom is -0.465 e. The van der Waals surface area contributed by atoms with Crippen LogP contribution >= 0.6 is 0 Å². The highest BCUT2D eigenvalue weighted by atomic mass is 19.4. The smallest absolute Gasteiger partial charge is 0.389 e. The van der Waals surface area contributed by atoms with Crippen molar-refractivity contribution >= 4 is 5.97 Å². The maximum atomic E-state index is 12.1. The molecule has 0 spiro atoms. The Labute approximate surface area is 123 Å². The molecule has 7 heteroatoms. The third-order valence-corrected chi connectivity index (χ3v) is 3.61. The average Bonchev–Trinajstić information content (AvgIpc) is 2.79. The summed E-state index contributed by atoms with van der Waals surface area (Å²) in [7, 11) is 0. The van der Waals surface area contributed by atoms with Crippen LogP contribution in [0.3, 0.4) is 0 Å². The van der Waals surface area contributed by atoms with Crippen LogP contribution in [0.25, 0.3) is 0 Å². The number of esters is 1. The van der Waals surface area contributed by atoms with Gasteiger partial charge >= 0.3 is 12.1 Å². The van der Waals surface area contributed by atoms with E-state index in [1.54, 1.807) is 6.92 Å². The van der Waals surface area contributed by atoms with Crippen molar-refractivity contribution in [3.8, 4) is 0 Å². The molecule has 0 aromatic carbocycles. The fraction of sp³-hybridized carbons (Fsp3) is 0.929. The number of carbonyl (C=O) groups excluding carboxylic acids is 1. The Hall–Kier alpha value is -0.820. The van der Waals surface area contributed by atoms with Gasteiger partial charge in [-0.15, -0.1) is 0 Å². The lowest BCUT2D eigenvalue weighted by atomic mass is 9.97. The second kappa shape index (κ2) is 7.98. The van der Waals surface area contributed by atoms with Crippen molar-refractivity contribution in [2.75, 3.05) is 19.8 Å². The van der Waals surface area contributed by atoms with Gasteiger partial charge in [0.1, 0.15) is 5.54 Å². The van der Waals surface area contributed by atoms with Crippen LogP contribution in [-0.2, 0) is 14.3 Å². The first-order chi connectivity index (χ1) is 9.83. The highest BCUT2D eigenvalue weighted by molar-refractivity contribution is 5.81. The predicted octanol–water partition coefficient (Wildman–Crippen LogP) is 2.81. The van der Waals surface area contributed by atoms with Crippen LogP contribution in [0.15, 0.2) is 0 Å². The third kappa shape index (κ3) is 5.82. The number of rotatable bonds is 8. The highest BCUT2D eigenvalue weighted by Crippen LogP contribution is 2.33. The SMILES string of the molecule is CCNC1(C(=O)OCC)CCC(OCCCC(F)(F)F)C1. The Balaban J connectivity index is 2.42. The second-order valence-corrected chi connectivity index (χ2v) is 5.29. The van der Waals surface area contributed by atoms with E-state index in [0.717, 1.165) is 0 Å². The number of likely N-dealkylation sites (N-methyl/N-ethyl adjacent to an activating group) is 1. The van der Waals surface area contributed by atoms with Crippen LogP contribution < -0.4 is 5.32 Å². The standard InChI is InChI=1S/C14H24F3NO3/c1-3-18-13(12(19)20-4-2)8-6-11(10-13)21-9-5-7-14(15,16)17/h11,18H,3-10H2,1-2H3. The van der Waals surface area contributed by atoms with Gasteiger partial charge in [-0.25, -0.2) is 0 Å². The molecular weight excluding hydrogens is 287 g/mol. The molecule has 0 amide bonds. The maximum absolute atomic E-state index is 12.1. The average molecular weight is 311 g/mol. The molecular formula is C14H24F3NO3. The van der Waals surface area contributed by atoms with Crippen LogP contribution in [0.1, 0.15) is 46.0 Å². The van der Waals surface area contributed by atoms with Gasteiger partial charge in [0, 0.05) is 19.4 Å². The fourth-order valence-electron chi connectivity index (χ4n) is 2.69. The van der Waals surface area contributed by atoms with Gasteiger partial charge in [-0.3, -0.25) is 4.79 Å². The molecule has 0 aromatic heterocycles. The molecule has 0 saturated heterocycles. The van der Waals surface area contributed by atoms with Gasteiger partial charge < -0.3 is 14.8 Å². The molecule has 1 aliphatic rings. The molecule has 1 fully saturated rings. The van der Waals surface area contributed by atoms with Crippen molar-refractivity contribution in [1.82, 2.24) is 5.32 Å². The number of halogens is 3. The van der Waals surface area contributed by atoms with Crippen molar-refractivity contribution < 1.29 is 27.4 Å². The zero-order valence-electron chi connectivity index (χ0n) is 12.6. The quantitative estimate of drug-likeness (QED) is 0.553. The van der Waals surface area contributed by atoms with Gasteiger partial charge in [-0.05, 0) is 32.7 Å². The van der Waals surface area contributed by atoms with Crippen LogP contribution in [0.4, 0.5) is 13.2 Å². The normalized spacial score (nSPS) is 26.0. The number of hydrogen-bond acceptors (Lipinski definition) is 4. The minimum atomic E-state index is -4.14. The van der Waals surface area contributed by atoms with Crippen LogP contribution in [0, 0.1) is 0 Å². The number of nitrogens with one attached hydrogen (secondary N) is 1. The minimum absolute atomic E-state index is 0.0480. The van der Waals surface area contributed by atoms with Crippen molar-refractivity contribution in [3.63, 3.8) is 0 Å². The summed E-state index contributed by atoms with van der Waals surface area (Å²) in [5, 5.41) is 3.15. The predicted molar refractivity (Wildman–Crippen MR) is 71.9 cm³/mol. The molecule has 1 aliphatic carbocycles. The molecule has 1 N–H and O–H groups in total. The van der Waals surface area contributed by atoms with Crippen LogP contribution in [-0.4, -0.2) is 43.5 Å². The number of alkyl halides is 3. The summed E-state index contributed by atoms with van der Waals surface area (Å²) >= 11 is 0. The summed E-state index contributed by atoms with van der Waals surface area (Å²) < 4.78 is 46.7. The number of hydrogen-bond donors (Lipinski definition) is 1. The lowest BCUT2D eigenvalue weighted by Gasteiger charge is -2.27. The topological polar surface area (TPSA) is 47.6 Å². The van der Waals surface area contributed by atoms with Gasteiger partial charge in [0.25, 0.3) is 0 Å². The first-order valence-corrected chi connectivity index (χ1v) is 7.43. The van der Waals surface area contributed by atoms with Gasteiger partial charge in [-0.1, -0.05) is 6.92 Å². The van der Waals surface area contributed by atoms with Crippen molar-refractivity contribution in [1.29, 1.82) is 0 Å². The summed E-state index contributed by atoms with van der Waals surface area (Å²) in [5.41, 5.74) is -0.751. The molecule has 0 radical (unpaired) electrons. The van der Waals surface area contributed by atoms with Gasteiger partial charge in [0.2, 0.25) is 0 Å². The molecule has 0 heterocycles. The molecule has 124 valence electrons. The van der Waals surface area contributed by atoms with E-state index in [-0.39, 0.29) is 25.1 Å². The lowest BCUT2D eigenvalue weighted by Crippen LogP contribution is -2.51. The fourth-order valence-corrected chi connectivity index (χ4v) is 2.69. The van der Waals surface area contributed by atoms with E-state index in [2.05, 4.69) is 5.32 Å². The van der Waals surface area contributed by atoms with Crippen LogP contribution in [0.2, 0.25) is 0 Å². The monoisotopic (exact) mass is 311 g/mol. The van der Waals surface area contributed by atoms with Gasteiger partial charge in [-0.2, -0.15) is 13.2 Å². The van der Waals surface area contributed by atoms with E-state index in [4.69, 9.17) is 9.47 Å². The molecule has 4 nitrogen and oxygen atoms in total. The third-order valence-electron chi connectivity index (χ3n) is 3.61. The molecule has 0 aliphatic heterocycles. The first kappa shape index (κ1) is 18.2. The number of carbonyl (C=O) groups is 1. The Kier molecular flexibility index (Phi) is 6.93. The highest BCUT2D eigenvalue weighted by Gasteiger charge is 2.46. The summed E-state index contributed by atoms with van der Waals surface area (Å²) in [6.07, 6.45) is -3.53. The zero-order valence-corrected chi connectivity index (χ0v) is 12.6. The largest absolute Gasteiger partial charge is 0.465 e. The second-order valence-electron chi connectivity index (χ2n) is 5.29. The zero-order chi connectivity index (χ0) is 15.9. The Morgan fingerprint density at radius 3 is 2.67 bits per heavy atom. The first-order valence-electron chi connectivity index (χ1n) is 7.43. The molecule has 21 heavy (non-hydrogen) atoms.